The number of likely N-dealkylation sites (tertiary alicyclic amines) is 1. The molecule has 148 valence electrons. The minimum absolute atomic E-state index is 0.0456. The molecule has 0 atom stereocenters. The zero-order valence-corrected chi connectivity index (χ0v) is 16.5. The van der Waals surface area contributed by atoms with Gasteiger partial charge >= 0.3 is 0 Å². The Bertz CT molecular complexity index is 1040. The van der Waals surface area contributed by atoms with Crippen molar-refractivity contribution in [3.8, 4) is 11.5 Å². The predicted octanol–water partition coefficient (Wildman–Crippen LogP) is 4.61. The number of rotatable bonds is 3. The third kappa shape index (κ3) is 3.67. The molecule has 5 rings (SSSR count). The van der Waals surface area contributed by atoms with Crippen LogP contribution in [0.3, 0.4) is 0 Å². The van der Waals surface area contributed by atoms with Gasteiger partial charge in [-0.05, 0) is 47.4 Å². The lowest BCUT2D eigenvalue weighted by atomic mass is 9.83. The number of hydrogen-bond acceptors (Lipinski definition) is 3. The fraction of sp³-hybridized carbons (Fsp3) is 0.320. The molecule has 3 aromatic carbocycles. The Morgan fingerprint density at radius 3 is 2.55 bits per heavy atom. The number of benzene rings is 3. The van der Waals surface area contributed by atoms with E-state index in [9.17, 15) is 4.79 Å². The standard InChI is InChI=1S/C25H25NO3/c27-24(18-28-22-10-9-19-5-1-2-7-21(19)17-22)26-15-13-25(14-16-26)12-11-20-6-3-4-8-23(20)29-25/h1-10,17H,11-16,18H2. The summed E-state index contributed by atoms with van der Waals surface area (Å²) >= 11 is 0. The number of para-hydroxylation sites is 1. The molecule has 0 N–H and O–H groups in total. The quantitative estimate of drug-likeness (QED) is 0.659. The first-order chi connectivity index (χ1) is 14.2. The van der Waals surface area contributed by atoms with E-state index >= 15 is 0 Å². The van der Waals surface area contributed by atoms with Gasteiger partial charge in [-0.25, -0.2) is 0 Å². The van der Waals surface area contributed by atoms with Gasteiger partial charge < -0.3 is 14.4 Å². The van der Waals surface area contributed by atoms with Crippen LogP contribution in [-0.4, -0.2) is 36.1 Å². The van der Waals surface area contributed by atoms with Gasteiger partial charge in [-0.2, -0.15) is 0 Å². The highest BCUT2D eigenvalue weighted by molar-refractivity contribution is 5.84. The van der Waals surface area contributed by atoms with E-state index in [0.29, 0.717) is 0 Å². The molecule has 4 heteroatoms. The molecule has 4 nitrogen and oxygen atoms in total. The molecular weight excluding hydrogens is 362 g/mol. The topological polar surface area (TPSA) is 38.8 Å². The van der Waals surface area contributed by atoms with Crippen LogP contribution in [0.1, 0.15) is 24.8 Å². The molecular formula is C25H25NO3. The van der Waals surface area contributed by atoms with Crippen LogP contribution in [0.25, 0.3) is 10.8 Å². The average Bonchev–Trinajstić information content (AvgIpc) is 2.78. The van der Waals surface area contributed by atoms with Gasteiger partial charge in [-0.15, -0.1) is 0 Å². The van der Waals surface area contributed by atoms with Gasteiger partial charge in [0.15, 0.2) is 6.61 Å². The van der Waals surface area contributed by atoms with E-state index in [2.05, 4.69) is 30.3 Å². The van der Waals surface area contributed by atoms with Gasteiger partial charge in [0.25, 0.3) is 5.91 Å². The van der Waals surface area contributed by atoms with E-state index in [1.54, 1.807) is 0 Å². The summed E-state index contributed by atoms with van der Waals surface area (Å²) in [6.45, 7) is 1.53. The molecule has 1 amide bonds. The normalized spacial score (nSPS) is 17.6. The van der Waals surface area contributed by atoms with Crippen molar-refractivity contribution in [1.29, 1.82) is 0 Å². The number of amides is 1. The number of aryl methyl sites for hydroxylation is 1. The second-order valence-electron chi connectivity index (χ2n) is 8.07. The molecule has 3 aromatic rings. The average molecular weight is 387 g/mol. The fourth-order valence-electron chi connectivity index (χ4n) is 4.47. The maximum Gasteiger partial charge on any atom is 0.260 e. The number of hydrogen-bond donors (Lipinski definition) is 0. The van der Waals surface area contributed by atoms with Crippen LogP contribution in [-0.2, 0) is 11.2 Å². The Kier molecular flexibility index (Phi) is 4.62. The number of ether oxygens (including phenoxy) is 2. The second kappa shape index (κ2) is 7.43. The zero-order valence-electron chi connectivity index (χ0n) is 16.5. The first-order valence-electron chi connectivity index (χ1n) is 10.4. The first-order valence-corrected chi connectivity index (χ1v) is 10.4. The van der Waals surface area contributed by atoms with E-state index in [-0.39, 0.29) is 18.1 Å². The predicted molar refractivity (Wildman–Crippen MR) is 113 cm³/mol. The van der Waals surface area contributed by atoms with Crippen molar-refractivity contribution in [2.24, 2.45) is 0 Å². The molecule has 0 bridgehead atoms. The van der Waals surface area contributed by atoms with E-state index in [1.807, 2.05) is 41.3 Å². The highest BCUT2D eigenvalue weighted by atomic mass is 16.5. The molecule has 0 aliphatic carbocycles. The SMILES string of the molecule is O=C(COc1ccc2ccccc2c1)N1CCC2(CCc3ccccc3O2)CC1. The van der Waals surface area contributed by atoms with Crippen LogP contribution < -0.4 is 9.47 Å². The van der Waals surface area contributed by atoms with Crippen molar-refractivity contribution in [2.45, 2.75) is 31.3 Å². The highest BCUT2D eigenvalue weighted by Crippen LogP contribution is 2.39. The summed E-state index contributed by atoms with van der Waals surface area (Å²) in [6, 6.07) is 22.4. The lowest BCUT2D eigenvalue weighted by Crippen LogP contribution is -2.52. The summed E-state index contributed by atoms with van der Waals surface area (Å²) < 4.78 is 12.2. The van der Waals surface area contributed by atoms with Crippen LogP contribution in [0.5, 0.6) is 11.5 Å². The summed E-state index contributed by atoms with van der Waals surface area (Å²) in [6.07, 6.45) is 3.83. The Labute approximate surface area is 171 Å². The Morgan fingerprint density at radius 2 is 1.69 bits per heavy atom. The van der Waals surface area contributed by atoms with E-state index in [1.165, 1.54) is 10.9 Å². The Morgan fingerprint density at radius 1 is 0.931 bits per heavy atom. The van der Waals surface area contributed by atoms with Crippen LogP contribution in [0.4, 0.5) is 0 Å². The minimum Gasteiger partial charge on any atom is -0.487 e. The number of carbonyl (C=O) groups is 1. The maximum absolute atomic E-state index is 12.7. The smallest absolute Gasteiger partial charge is 0.260 e. The molecule has 2 aliphatic heterocycles. The van der Waals surface area contributed by atoms with E-state index in [0.717, 1.165) is 55.7 Å². The molecule has 0 unspecified atom stereocenters. The third-order valence-electron chi connectivity index (χ3n) is 6.26. The van der Waals surface area contributed by atoms with Gasteiger partial charge in [-0.1, -0.05) is 48.5 Å². The molecule has 0 radical (unpaired) electrons. The van der Waals surface area contributed by atoms with Crippen LogP contribution in [0, 0.1) is 0 Å². The molecule has 1 spiro atoms. The molecule has 2 heterocycles. The monoisotopic (exact) mass is 387 g/mol. The Hall–Kier alpha value is -3.01. The molecule has 0 saturated carbocycles. The molecule has 29 heavy (non-hydrogen) atoms. The van der Waals surface area contributed by atoms with Gasteiger partial charge in [0, 0.05) is 25.9 Å². The lowest BCUT2D eigenvalue weighted by Gasteiger charge is -2.44. The van der Waals surface area contributed by atoms with Crippen molar-refractivity contribution in [1.82, 2.24) is 4.90 Å². The second-order valence-corrected chi connectivity index (χ2v) is 8.07. The molecule has 2 aliphatic rings. The number of piperidine rings is 1. The van der Waals surface area contributed by atoms with Crippen LogP contribution in [0.2, 0.25) is 0 Å². The van der Waals surface area contributed by atoms with Gasteiger partial charge in [0.1, 0.15) is 17.1 Å². The summed E-state index contributed by atoms with van der Waals surface area (Å²) in [7, 11) is 0. The summed E-state index contributed by atoms with van der Waals surface area (Å²) in [5, 5.41) is 2.29. The van der Waals surface area contributed by atoms with Crippen molar-refractivity contribution >= 4 is 16.7 Å². The van der Waals surface area contributed by atoms with E-state index in [4.69, 9.17) is 9.47 Å². The lowest BCUT2D eigenvalue weighted by molar-refractivity contribution is -0.137. The molecule has 0 aromatic heterocycles. The maximum atomic E-state index is 12.7. The molecule has 1 fully saturated rings. The minimum atomic E-state index is -0.121. The van der Waals surface area contributed by atoms with Crippen LogP contribution in [0.15, 0.2) is 66.7 Å². The number of nitrogens with zero attached hydrogens (tertiary/aromatic N) is 1. The van der Waals surface area contributed by atoms with E-state index < -0.39 is 0 Å². The zero-order chi connectivity index (χ0) is 19.7. The largest absolute Gasteiger partial charge is 0.487 e. The van der Waals surface area contributed by atoms with Crippen molar-refractivity contribution in [2.75, 3.05) is 19.7 Å². The summed E-state index contributed by atoms with van der Waals surface area (Å²) in [5.41, 5.74) is 1.17. The van der Waals surface area contributed by atoms with Crippen LogP contribution >= 0.6 is 0 Å². The Balaban J connectivity index is 1.17. The van der Waals surface area contributed by atoms with Gasteiger partial charge in [0.2, 0.25) is 0 Å². The third-order valence-corrected chi connectivity index (χ3v) is 6.26. The van der Waals surface area contributed by atoms with Crippen molar-refractivity contribution in [3.63, 3.8) is 0 Å². The fourth-order valence-corrected chi connectivity index (χ4v) is 4.47. The van der Waals surface area contributed by atoms with Crippen molar-refractivity contribution < 1.29 is 14.3 Å². The van der Waals surface area contributed by atoms with Gasteiger partial charge in [-0.3, -0.25) is 4.79 Å². The number of fused-ring (bicyclic) bond motifs is 2. The highest BCUT2D eigenvalue weighted by Gasteiger charge is 2.40. The molecule has 1 saturated heterocycles. The summed E-state index contributed by atoms with van der Waals surface area (Å²) in [5.74, 6) is 1.79. The van der Waals surface area contributed by atoms with Crippen molar-refractivity contribution in [3.05, 3.63) is 72.3 Å². The summed E-state index contributed by atoms with van der Waals surface area (Å²) in [4.78, 5) is 14.6. The first kappa shape index (κ1) is 18.0. The number of carbonyl (C=O) groups excluding carboxylic acids is 1. The van der Waals surface area contributed by atoms with Gasteiger partial charge in [0.05, 0.1) is 0 Å².